The van der Waals surface area contributed by atoms with Gasteiger partial charge in [-0.25, -0.2) is 13.8 Å². The van der Waals surface area contributed by atoms with Crippen molar-refractivity contribution in [1.82, 2.24) is 10.3 Å². The third kappa shape index (κ3) is 3.43. The van der Waals surface area contributed by atoms with E-state index in [0.717, 1.165) is 12.1 Å². The highest BCUT2D eigenvalue weighted by atomic mass is 35.5. The van der Waals surface area contributed by atoms with Gasteiger partial charge in [-0.15, -0.1) is 0 Å². The number of hydrogen-bond donors (Lipinski definition) is 1. The van der Waals surface area contributed by atoms with Crippen molar-refractivity contribution in [3.8, 4) is 0 Å². The Hall–Kier alpha value is -1.72. The van der Waals surface area contributed by atoms with E-state index in [2.05, 4.69) is 10.3 Å². The van der Waals surface area contributed by atoms with Gasteiger partial charge in [-0.2, -0.15) is 0 Å². The largest absolute Gasteiger partial charge is 0.348 e. The average molecular weight is 317 g/mol. The molecule has 0 atom stereocenters. The third-order valence-electron chi connectivity index (χ3n) is 2.50. The number of carbonyl (C=O) groups is 1. The number of nitrogens with zero attached hydrogens (tertiary/aromatic N) is 1. The van der Waals surface area contributed by atoms with Gasteiger partial charge in [0.15, 0.2) is 11.6 Å². The highest BCUT2D eigenvalue weighted by Crippen LogP contribution is 2.18. The molecule has 3 nitrogen and oxygen atoms in total. The fraction of sp³-hybridized carbons (Fsp3) is 0.0769. The number of rotatable bonds is 3. The molecular weight excluding hydrogens is 309 g/mol. The number of benzene rings is 1. The fourth-order valence-electron chi connectivity index (χ4n) is 1.51. The van der Waals surface area contributed by atoms with Gasteiger partial charge in [0.1, 0.15) is 5.15 Å². The van der Waals surface area contributed by atoms with Crippen molar-refractivity contribution in [2.45, 2.75) is 6.54 Å². The first-order chi connectivity index (χ1) is 9.47. The lowest BCUT2D eigenvalue weighted by Gasteiger charge is -2.07. The van der Waals surface area contributed by atoms with E-state index in [1.807, 2.05) is 0 Å². The van der Waals surface area contributed by atoms with Crippen molar-refractivity contribution in [2.24, 2.45) is 0 Å². The van der Waals surface area contributed by atoms with Gasteiger partial charge in [0.2, 0.25) is 0 Å². The maximum absolute atomic E-state index is 13.0. The lowest BCUT2D eigenvalue weighted by molar-refractivity contribution is 0.0951. The minimum Gasteiger partial charge on any atom is -0.348 e. The minimum absolute atomic E-state index is 0.0340. The molecule has 0 saturated heterocycles. The zero-order valence-electron chi connectivity index (χ0n) is 9.96. The molecule has 1 amide bonds. The Bertz CT molecular complexity index is 665. The second-order valence-electron chi connectivity index (χ2n) is 3.92. The SMILES string of the molecule is O=C(NCc1ccc(F)c(F)c1)c1cc(Cl)ncc1Cl. The van der Waals surface area contributed by atoms with Gasteiger partial charge in [-0.3, -0.25) is 4.79 Å². The van der Waals surface area contributed by atoms with Crippen molar-refractivity contribution in [3.05, 3.63) is 63.4 Å². The predicted molar refractivity (Wildman–Crippen MR) is 71.8 cm³/mol. The van der Waals surface area contributed by atoms with Gasteiger partial charge in [0.25, 0.3) is 5.91 Å². The van der Waals surface area contributed by atoms with Crippen LogP contribution in [0.2, 0.25) is 10.2 Å². The molecular formula is C13H8Cl2F2N2O. The van der Waals surface area contributed by atoms with Crippen LogP contribution in [-0.4, -0.2) is 10.9 Å². The standard InChI is InChI=1S/C13H8Cl2F2N2O/c14-9-6-18-12(15)4-8(9)13(20)19-5-7-1-2-10(16)11(17)3-7/h1-4,6H,5H2,(H,19,20). The van der Waals surface area contributed by atoms with Crippen LogP contribution in [0.25, 0.3) is 0 Å². The van der Waals surface area contributed by atoms with Crippen molar-refractivity contribution in [1.29, 1.82) is 0 Å². The highest BCUT2D eigenvalue weighted by molar-refractivity contribution is 6.35. The zero-order chi connectivity index (χ0) is 14.7. The van der Waals surface area contributed by atoms with Gasteiger partial charge in [0, 0.05) is 12.7 Å². The molecule has 0 fully saturated rings. The molecule has 1 heterocycles. The number of amides is 1. The molecule has 2 rings (SSSR count). The first-order valence-corrected chi connectivity index (χ1v) is 6.26. The maximum atomic E-state index is 13.0. The topological polar surface area (TPSA) is 42.0 Å². The van der Waals surface area contributed by atoms with Crippen LogP contribution < -0.4 is 5.32 Å². The minimum atomic E-state index is -0.971. The summed E-state index contributed by atoms with van der Waals surface area (Å²) < 4.78 is 25.8. The second kappa shape index (κ2) is 6.15. The van der Waals surface area contributed by atoms with Crippen LogP contribution in [0, 0.1) is 11.6 Å². The highest BCUT2D eigenvalue weighted by Gasteiger charge is 2.12. The van der Waals surface area contributed by atoms with E-state index in [0.29, 0.717) is 5.56 Å². The zero-order valence-corrected chi connectivity index (χ0v) is 11.5. The Balaban J connectivity index is 2.08. The van der Waals surface area contributed by atoms with Crippen LogP contribution in [0.5, 0.6) is 0 Å². The van der Waals surface area contributed by atoms with E-state index in [-0.39, 0.29) is 22.3 Å². The van der Waals surface area contributed by atoms with Crippen LogP contribution >= 0.6 is 23.2 Å². The molecule has 0 aliphatic rings. The quantitative estimate of drug-likeness (QED) is 0.879. The molecule has 1 aromatic carbocycles. The normalized spacial score (nSPS) is 10.4. The summed E-state index contributed by atoms with van der Waals surface area (Å²) >= 11 is 11.5. The maximum Gasteiger partial charge on any atom is 0.253 e. The molecule has 104 valence electrons. The van der Waals surface area contributed by atoms with E-state index < -0.39 is 17.5 Å². The van der Waals surface area contributed by atoms with E-state index in [4.69, 9.17) is 23.2 Å². The number of nitrogens with one attached hydrogen (secondary N) is 1. The Morgan fingerprint density at radius 1 is 1.20 bits per heavy atom. The number of pyridine rings is 1. The van der Waals surface area contributed by atoms with Crippen molar-refractivity contribution in [2.75, 3.05) is 0 Å². The summed E-state index contributed by atoms with van der Waals surface area (Å²) in [5.41, 5.74) is 0.586. The van der Waals surface area contributed by atoms with Crippen LogP contribution in [0.15, 0.2) is 30.5 Å². The summed E-state index contributed by atoms with van der Waals surface area (Å²) in [7, 11) is 0. The first-order valence-electron chi connectivity index (χ1n) is 5.50. The summed E-state index contributed by atoms with van der Waals surface area (Å²) in [6.07, 6.45) is 1.26. The molecule has 1 aromatic heterocycles. The van der Waals surface area contributed by atoms with Crippen LogP contribution in [0.4, 0.5) is 8.78 Å². The number of aromatic nitrogens is 1. The molecule has 0 radical (unpaired) electrons. The molecule has 0 aliphatic carbocycles. The predicted octanol–water partition coefficient (Wildman–Crippen LogP) is 3.60. The molecule has 0 aliphatic heterocycles. The summed E-state index contributed by atoms with van der Waals surface area (Å²) in [4.78, 5) is 15.6. The van der Waals surface area contributed by atoms with Gasteiger partial charge in [0.05, 0.1) is 10.6 Å². The van der Waals surface area contributed by atoms with Crippen molar-refractivity contribution >= 4 is 29.1 Å². The lowest BCUT2D eigenvalue weighted by Crippen LogP contribution is -2.23. The second-order valence-corrected chi connectivity index (χ2v) is 4.71. The molecule has 1 N–H and O–H groups in total. The summed E-state index contributed by atoms with van der Waals surface area (Å²) in [6.45, 7) is 0.0340. The van der Waals surface area contributed by atoms with E-state index >= 15 is 0 Å². The molecule has 20 heavy (non-hydrogen) atoms. The lowest BCUT2D eigenvalue weighted by atomic mass is 10.2. The Morgan fingerprint density at radius 2 is 1.95 bits per heavy atom. The molecule has 0 bridgehead atoms. The van der Waals surface area contributed by atoms with Gasteiger partial charge in [-0.05, 0) is 23.8 Å². The number of halogens is 4. The van der Waals surface area contributed by atoms with Gasteiger partial charge in [-0.1, -0.05) is 29.3 Å². The Morgan fingerprint density at radius 3 is 2.65 bits per heavy atom. The smallest absolute Gasteiger partial charge is 0.253 e. The van der Waals surface area contributed by atoms with E-state index in [1.165, 1.54) is 18.3 Å². The Labute approximate surface area is 123 Å². The van der Waals surface area contributed by atoms with E-state index in [1.54, 1.807) is 0 Å². The van der Waals surface area contributed by atoms with E-state index in [9.17, 15) is 13.6 Å². The summed E-state index contributed by atoms with van der Waals surface area (Å²) in [6, 6.07) is 4.70. The fourth-order valence-corrected chi connectivity index (χ4v) is 1.86. The van der Waals surface area contributed by atoms with Crippen molar-refractivity contribution in [3.63, 3.8) is 0 Å². The number of hydrogen-bond acceptors (Lipinski definition) is 2. The monoisotopic (exact) mass is 316 g/mol. The third-order valence-corrected chi connectivity index (χ3v) is 3.01. The Kier molecular flexibility index (Phi) is 4.52. The molecule has 0 saturated carbocycles. The number of carbonyl (C=O) groups excluding carboxylic acids is 1. The van der Waals surface area contributed by atoms with Crippen LogP contribution in [0.1, 0.15) is 15.9 Å². The summed E-state index contributed by atoms with van der Waals surface area (Å²) in [5.74, 6) is -2.39. The van der Waals surface area contributed by atoms with Crippen LogP contribution in [0.3, 0.4) is 0 Å². The van der Waals surface area contributed by atoms with Gasteiger partial charge < -0.3 is 5.32 Å². The molecule has 0 unspecified atom stereocenters. The van der Waals surface area contributed by atoms with Crippen LogP contribution in [-0.2, 0) is 6.54 Å². The molecule has 2 aromatic rings. The van der Waals surface area contributed by atoms with Crippen molar-refractivity contribution < 1.29 is 13.6 Å². The molecule has 0 spiro atoms. The van der Waals surface area contributed by atoms with Gasteiger partial charge >= 0.3 is 0 Å². The summed E-state index contributed by atoms with van der Waals surface area (Å²) in [5, 5.41) is 2.81. The first kappa shape index (κ1) is 14.7. The average Bonchev–Trinajstić information content (AvgIpc) is 2.42. The molecule has 7 heteroatoms.